The third kappa shape index (κ3) is 3.64. The Morgan fingerprint density at radius 2 is 1.86 bits per heavy atom. The van der Waals surface area contributed by atoms with Crippen molar-refractivity contribution in [1.29, 1.82) is 0 Å². The Labute approximate surface area is 164 Å². The molecule has 4 rings (SSSR count). The number of rotatable bonds is 6. The molecule has 0 unspecified atom stereocenters. The fourth-order valence-electron chi connectivity index (χ4n) is 3.37. The lowest BCUT2D eigenvalue weighted by Crippen LogP contribution is -2.09. The molecule has 6 nitrogen and oxygen atoms in total. The van der Waals surface area contributed by atoms with Crippen molar-refractivity contribution in [2.24, 2.45) is 0 Å². The van der Waals surface area contributed by atoms with Gasteiger partial charge in [0.15, 0.2) is 11.4 Å². The van der Waals surface area contributed by atoms with Gasteiger partial charge >= 0.3 is 0 Å². The number of nitrogens with zero attached hydrogens (tertiary/aromatic N) is 3. The second-order valence-electron chi connectivity index (χ2n) is 7.26. The molecule has 0 saturated carbocycles. The zero-order chi connectivity index (χ0) is 19.7. The minimum absolute atomic E-state index is 0.664. The highest BCUT2D eigenvalue weighted by atomic mass is 16.5. The number of nitrogens with one attached hydrogen (secondary N) is 1. The highest BCUT2D eigenvalue weighted by Gasteiger charge is 2.18. The number of furan rings is 1. The molecule has 0 fully saturated rings. The van der Waals surface area contributed by atoms with Crippen LogP contribution in [0.15, 0.2) is 51.4 Å². The van der Waals surface area contributed by atoms with Crippen molar-refractivity contribution in [3.05, 3.63) is 65.2 Å². The lowest BCUT2D eigenvalue weighted by Gasteiger charge is -2.09. The smallest absolute Gasteiger partial charge is 0.176 e. The van der Waals surface area contributed by atoms with Crippen LogP contribution in [0.25, 0.3) is 22.2 Å². The number of hydrogen-bond donors (Lipinski definition) is 1. The molecular weight excluding hydrogens is 352 g/mol. The summed E-state index contributed by atoms with van der Waals surface area (Å²) in [5, 5.41) is 8.53. The summed E-state index contributed by atoms with van der Waals surface area (Å²) >= 11 is 0. The topological polar surface area (TPSA) is 67.3 Å². The molecule has 144 valence electrons. The molecule has 3 heterocycles. The summed E-state index contributed by atoms with van der Waals surface area (Å²) < 4.78 is 11.5. The van der Waals surface area contributed by atoms with Gasteiger partial charge in [-0.15, -0.1) is 0 Å². The Hall–Kier alpha value is -3.12. The minimum Gasteiger partial charge on any atom is -0.456 e. The summed E-state index contributed by atoms with van der Waals surface area (Å²) in [6, 6.07) is 14.4. The predicted molar refractivity (Wildman–Crippen MR) is 110 cm³/mol. The predicted octanol–water partition coefficient (Wildman–Crippen LogP) is 4.77. The van der Waals surface area contributed by atoms with Gasteiger partial charge in [0.25, 0.3) is 0 Å². The van der Waals surface area contributed by atoms with Gasteiger partial charge in [-0.05, 0) is 45.6 Å². The van der Waals surface area contributed by atoms with Crippen LogP contribution in [0.1, 0.15) is 22.8 Å². The summed E-state index contributed by atoms with van der Waals surface area (Å²) in [5.41, 5.74) is 4.54. The number of benzene rings is 1. The van der Waals surface area contributed by atoms with Crippen molar-refractivity contribution in [2.75, 3.05) is 19.4 Å². The standard InChI is InChI=1S/C22H24N4O2/c1-14-20(15(2)28-25-14)19-11-17-10-18(13-26(3)4)27-21(17)22(24-19)23-12-16-8-6-5-7-9-16/h5-11H,12-13H2,1-4H3,(H,23,24). The van der Waals surface area contributed by atoms with E-state index >= 15 is 0 Å². The van der Waals surface area contributed by atoms with Gasteiger partial charge in [0, 0.05) is 11.9 Å². The molecule has 0 saturated heterocycles. The molecule has 1 aromatic carbocycles. The molecule has 0 aliphatic rings. The first-order valence-electron chi connectivity index (χ1n) is 9.30. The Balaban J connectivity index is 1.78. The van der Waals surface area contributed by atoms with Gasteiger partial charge in [-0.3, -0.25) is 0 Å². The summed E-state index contributed by atoms with van der Waals surface area (Å²) in [6.45, 7) is 5.23. The monoisotopic (exact) mass is 376 g/mol. The van der Waals surface area contributed by atoms with E-state index in [2.05, 4.69) is 33.6 Å². The molecule has 0 radical (unpaired) electrons. The van der Waals surface area contributed by atoms with Gasteiger partial charge in [-0.2, -0.15) is 0 Å². The highest BCUT2D eigenvalue weighted by Crippen LogP contribution is 2.33. The van der Waals surface area contributed by atoms with Gasteiger partial charge in [-0.25, -0.2) is 4.98 Å². The molecule has 28 heavy (non-hydrogen) atoms. The molecule has 3 aromatic heterocycles. The van der Waals surface area contributed by atoms with Crippen molar-refractivity contribution in [3.8, 4) is 11.3 Å². The highest BCUT2D eigenvalue weighted by molar-refractivity contribution is 5.91. The van der Waals surface area contributed by atoms with Gasteiger partial charge in [0.2, 0.25) is 0 Å². The largest absolute Gasteiger partial charge is 0.456 e. The van der Waals surface area contributed by atoms with E-state index in [1.165, 1.54) is 5.56 Å². The van der Waals surface area contributed by atoms with Gasteiger partial charge in [-0.1, -0.05) is 35.5 Å². The van der Waals surface area contributed by atoms with Crippen molar-refractivity contribution in [3.63, 3.8) is 0 Å². The third-order valence-corrected chi connectivity index (χ3v) is 4.62. The van der Waals surface area contributed by atoms with Crippen LogP contribution in [0, 0.1) is 13.8 Å². The first-order valence-corrected chi connectivity index (χ1v) is 9.30. The van der Waals surface area contributed by atoms with E-state index in [9.17, 15) is 0 Å². The molecule has 0 aliphatic carbocycles. The van der Waals surface area contributed by atoms with E-state index in [1.807, 2.05) is 52.2 Å². The first-order chi connectivity index (χ1) is 13.5. The Morgan fingerprint density at radius 1 is 1.07 bits per heavy atom. The molecule has 1 N–H and O–H groups in total. The van der Waals surface area contributed by atoms with E-state index in [1.54, 1.807) is 0 Å². The fraction of sp³-hybridized carbons (Fsp3) is 0.273. The van der Waals surface area contributed by atoms with Crippen LogP contribution in [0.2, 0.25) is 0 Å². The molecule has 0 spiro atoms. The van der Waals surface area contributed by atoms with Crippen molar-refractivity contribution in [2.45, 2.75) is 26.9 Å². The van der Waals surface area contributed by atoms with Gasteiger partial charge in [0.05, 0.1) is 23.5 Å². The maximum absolute atomic E-state index is 6.13. The lowest BCUT2D eigenvalue weighted by molar-refractivity contribution is 0.358. The van der Waals surface area contributed by atoms with Crippen molar-refractivity contribution >= 4 is 16.8 Å². The number of hydrogen-bond acceptors (Lipinski definition) is 6. The Morgan fingerprint density at radius 3 is 2.54 bits per heavy atom. The quantitative estimate of drug-likeness (QED) is 0.523. The second kappa shape index (κ2) is 7.48. The SMILES string of the molecule is Cc1noc(C)c1-c1cc2cc(CN(C)C)oc2c(NCc2ccccc2)n1. The zero-order valence-corrected chi connectivity index (χ0v) is 16.6. The summed E-state index contributed by atoms with van der Waals surface area (Å²) in [5.74, 6) is 2.39. The Bertz CT molecular complexity index is 1080. The molecular formula is C22H24N4O2. The lowest BCUT2D eigenvalue weighted by atomic mass is 10.1. The van der Waals surface area contributed by atoms with Crippen LogP contribution in [0.4, 0.5) is 5.82 Å². The summed E-state index contributed by atoms with van der Waals surface area (Å²) in [6.07, 6.45) is 0. The van der Waals surface area contributed by atoms with E-state index < -0.39 is 0 Å². The maximum Gasteiger partial charge on any atom is 0.176 e. The molecule has 0 amide bonds. The molecule has 6 heteroatoms. The maximum atomic E-state index is 6.13. The van der Waals surface area contributed by atoms with Crippen molar-refractivity contribution in [1.82, 2.24) is 15.0 Å². The van der Waals surface area contributed by atoms with Gasteiger partial charge < -0.3 is 19.2 Å². The normalized spacial score (nSPS) is 11.5. The number of fused-ring (bicyclic) bond motifs is 1. The van der Waals surface area contributed by atoms with Crippen LogP contribution in [-0.4, -0.2) is 29.1 Å². The minimum atomic E-state index is 0.664. The molecule has 0 aliphatic heterocycles. The molecule has 4 aromatic rings. The summed E-state index contributed by atoms with van der Waals surface area (Å²) in [7, 11) is 4.05. The molecule has 0 atom stereocenters. The number of pyridine rings is 1. The fourth-order valence-corrected chi connectivity index (χ4v) is 3.37. The van der Waals surface area contributed by atoms with Crippen LogP contribution < -0.4 is 5.32 Å². The van der Waals surface area contributed by atoms with Crippen LogP contribution in [0.3, 0.4) is 0 Å². The van der Waals surface area contributed by atoms with E-state index in [4.69, 9.17) is 13.9 Å². The Kier molecular flexibility index (Phi) is 4.88. The summed E-state index contributed by atoms with van der Waals surface area (Å²) in [4.78, 5) is 6.93. The number of anilines is 1. The van der Waals surface area contributed by atoms with Crippen molar-refractivity contribution < 1.29 is 8.94 Å². The van der Waals surface area contributed by atoms with Gasteiger partial charge in [0.1, 0.15) is 11.5 Å². The number of aryl methyl sites for hydroxylation is 2. The second-order valence-corrected chi connectivity index (χ2v) is 7.26. The number of aromatic nitrogens is 2. The third-order valence-electron chi connectivity index (χ3n) is 4.62. The average molecular weight is 376 g/mol. The van der Waals surface area contributed by atoms with Crippen LogP contribution >= 0.6 is 0 Å². The van der Waals surface area contributed by atoms with E-state index in [0.717, 1.165) is 51.8 Å². The average Bonchev–Trinajstić information content (AvgIpc) is 3.22. The van der Waals surface area contributed by atoms with E-state index in [0.29, 0.717) is 6.54 Å². The van der Waals surface area contributed by atoms with Crippen LogP contribution in [0.5, 0.6) is 0 Å². The first kappa shape index (κ1) is 18.3. The molecule has 0 bridgehead atoms. The zero-order valence-electron chi connectivity index (χ0n) is 16.6. The van der Waals surface area contributed by atoms with E-state index in [-0.39, 0.29) is 0 Å². The van der Waals surface area contributed by atoms with Crippen LogP contribution in [-0.2, 0) is 13.1 Å².